The van der Waals surface area contributed by atoms with Crippen LogP contribution in [0.3, 0.4) is 0 Å². The summed E-state index contributed by atoms with van der Waals surface area (Å²) in [6, 6.07) is 11.3. The highest BCUT2D eigenvalue weighted by Crippen LogP contribution is 2.25. The van der Waals surface area contributed by atoms with E-state index in [0.717, 1.165) is 5.56 Å². The molecule has 3 rings (SSSR count). The second-order valence-corrected chi connectivity index (χ2v) is 5.94. The molecule has 0 saturated heterocycles. The first-order valence-corrected chi connectivity index (χ1v) is 7.52. The van der Waals surface area contributed by atoms with Crippen molar-refractivity contribution < 1.29 is 9.90 Å². The molecule has 1 aromatic heterocycles. The molecule has 6 heteroatoms. The molecule has 0 aliphatic rings. The average Bonchev–Trinajstić information content (AvgIpc) is 2.51. The van der Waals surface area contributed by atoms with Gasteiger partial charge >= 0.3 is 5.97 Å². The van der Waals surface area contributed by atoms with E-state index in [0.29, 0.717) is 27.4 Å². The lowest BCUT2D eigenvalue weighted by atomic mass is 10.1. The second-order valence-electron chi connectivity index (χ2n) is 5.10. The molecule has 1 N–H and O–H groups in total. The number of hydrogen-bond acceptors (Lipinski definition) is 2. The molecule has 0 spiro atoms. The number of fused-ring (bicyclic) bond motifs is 1. The number of pyridine rings is 1. The van der Waals surface area contributed by atoms with Crippen LogP contribution in [0.2, 0.25) is 10.0 Å². The molecule has 0 aliphatic heterocycles. The van der Waals surface area contributed by atoms with E-state index < -0.39 is 5.97 Å². The summed E-state index contributed by atoms with van der Waals surface area (Å²) in [4.78, 5) is 23.4. The Morgan fingerprint density at radius 2 is 1.74 bits per heavy atom. The lowest BCUT2D eigenvalue weighted by Crippen LogP contribution is -2.20. The Bertz CT molecular complexity index is 962. The summed E-state index contributed by atoms with van der Waals surface area (Å²) in [5.41, 5.74) is 0.831. The lowest BCUT2D eigenvalue weighted by Gasteiger charge is -2.09. The van der Waals surface area contributed by atoms with E-state index in [1.165, 1.54) is 16.7 Å². The predicted molar refractivity (Wildman–Crippen MR) is 90.7 cm³/mol. The fourth-order valence-corrected chi connectivity index (χ4v) is 2.95. The van der Waals surface area contributed by atoms with Gasteiger partial charge in [-0.25, -0.2) is 4.79 Å². The van der Waals surface area contributed by atoms with Crippen LogP contribution in [0.25, 0.3) is 10.8 Å². The topological polar surface area (TPSA) is 59.3 Å². The maximum Gasteiger partial charge on any atom is 0.335 e. The second kappa shape index (κ2) is 6.07. The number of carboxylic acids is 1. The van der Waals surface area contributed by atoms with Crippen LogP contribution in [-0.4, -0.2) is 15.6 Å². The molecule has 0 fully saturated rings. The van der Waals surface area contributed by atoms with E-state index in [1.807, 2.05) is 0 Å². The number of nitrogens with zero attached hydrogens (tertiary/aromatic N) is 1. The van der Waals surface area contributed by atoms with Gasteiger partial charge < -0.3 is 9.67 Å². The van der Waals surface area contributed by atoms with Crippen molar-refractivity contribution in [2.45, 2.75) is 6.54 Å². The van der Waals surface area contributed by atoms with Gasteiger partial charge in [0.15, 0.2) is 0 Å². The van der Waals surface area contributed by atoms with Gasteiger partial charge in [0.1, 0.15) is 0 Å². The zero-order valence-corrected chi connectivity index (χ0v) is 13.3. The number of rotatable bonds is 3. The predicted octanol–water partition coefficient (Wildman–Crippen LogP) is 4.05. The minimum absolute atomic E-state index is 0.200. The zero-order chi connectivity index (χ0) is 16.6. The number of carbonyl (C=O) groups is 1. The van der Waals surface area contributed by atoms with Crippen molar-refractivity contribution in [3.05, 3.63) is 80.2 Å². The molecule has 116 valence electrons. The summed E-state index contributed by atoms with van der Waals surface area (Å²) in [5, 5.41) is 10.8. The molecule has 1 heterocycles. The van der Waals surface area contributed by atoms with Gasteiger partial charge in [-0.2, -0.15) is 0 Å². The Morgan fingerprint density at radius 3 is 2.39 bits per heavy atom. The third-order valence-corrected chi connectivity index (χ3v) is 4.09. The van der Waals surface area contributed by atoms with Crippen molar-refractivity contribution in [2.75, 3.05) is 0 Å². The monoisotopic (exact) mass is 347 g/mol. The number of halogens is 2. The number of aromatic nitrogens is 1. The third kappa shape index (κ3) is 3.09. The maximum absolute atomic E-state index is 12.6. The average molecular weight is 348 g/mol. The van der Waals surface area contributed by atoms with Gasteiger partial charge in [0.05, 0.1) is 22.5 Å². The van der Waals surface area contributed by atoms with E-state index in [4.69, 9.17) is 28.3 Å². The molecule has 4 nitrogen and oxygen atoms in total. The third-order valence-electron chi connectivity index (χ3n) is 3.56. The molecular weight excluding hydrogens is 337 g/mol. The number of aromatic carboxylic acids is 1. The largest absolute Gasteiger partial charge is 0.478 e. The minimum Gasteiger partial charge on any atom is -0.478 e. The number of carboxylic acid groups (broad SMARTS) is 1. The summed E-state index contributed by atoms with van der Waals surface area (Å²) in [5.74, 6) is -0.983. The lowest BCUT2D eigenvalue weighted by molar-refractivity contribution is 0.0697. The van der Waals surface area contributed by atoms with Crippen molar-refractivity contribution in [3.8, 4) is 0 Å². The highest BCUT2D eigenvalue weighted by atomic mass is 35.5. The Morgan fingerprint density at radius 1 is 1.04 bits per heavy atom. The molecule has 23 heavy (non-hydrogen) atoms. The summed E-state index contributed by atoms with van der Waals surface area (Å²) in [7, 11) is 0. The van der Waals surface area contributed by atoms with Crippen LogP contribution in [0.4, 0.5) is 0 Å². The molecule has 0 radical (unpaired) electrons. The van der Waals surface area contributed by atoms with Crippen LogP contribution in [0.15, 0.2) is 53.5 Å². The van der Waals surface area contributed by atoms with Crippen molar-refractivity contribution in [3.63, 3.8) is 0 Å². The molecule has 0 saturated carbocycles. The van der Waals surface area contributed by atoms with Gasteiger partial charge in [-0.1, -0.05) is 35.3 Å². The van der Waals surface area contributed by atoms with Gasteiger partial charge in [-0.15, -0.1) is 0 Å². The summed E-state index contributed by atoms with van der Waals surface area (Å²) < 4.78 is 1.53. The fraction of sp³-hybridized carbons (Fsp3) is 0.0588. The van der Waals surface area contributed by atoms with Crippen molar-refractivity contribution in [2.24, 2.45) is 0 Å². The molecule has 0 unspecified atom stereocenters. The minimum atomic E-state index is -0.983. The van der Waals surface area contributed by atoms with Crippen LogP contribution >= 0.6 is 23.2 Å². The van der Waals surface area contributed by atoms with E-state index in [9.17, 15) is 9.59 Å². The van der Waals surface area contributed by atoms with Gasteiger partial charge in [-0.05, 0) is 35.9 Å². The van der Waals surface area contributed by atoms with E-state index in [-0.39, 0.29) is 11.1 Å². The Kier molecular flexibility index (Phi) is 4.11. The molecule has 0 amide bonds. The van der Waals surface area contributed by atoms with Crippen molar-refractivity contribution in [1.82, 2.24) is 4.57 Å². The standard InChI is InChI=1S/C17H11Cl2NO3/c18-12-7-14-13(15(19)8-12)5-6-20(16(14)21)9-10-1-3-11(4-2-10)17(22)23/h1-8H,9H2,(H,22,23). The Labute approximate surface area is 141 Å². The van der Waals surface area contributed by atoms with Crippen molar-refractivity contribution in [1.29, 1.82) is 0 Å². The van der Waals surface area contributed by atoms with Crippen LogP contribution in [-0.2, 0) is 6.54 Å². The first-order chi connectivity index (χ1) is 11.0. The summed E-state index contributed by atoms with van der Waals surface area (Å²) >= 11 is 12.1. The number of hydrogen-bond donors (Lipinski definition) is 1. The molecular formula is C17H11Cl2NO3. The number of benzene rings is 2. The molecule has 0 bridgehead atoms. The molecule has 3 aromatic rings. The maximum atomic E-state index is 12.6. The fourth-order valence-electron chi connectivity index (χ4n) is 2.39. The zero-order valence-electron chi connectivity index (χ0n) is 11.8. The van der Waals surface area contributed by atoms with E-state index in [1.54, 1.807) is 36.5 Å². The molecule has 0 atom stereocenters. The normalized spacial score (nSPS) is 10.9. The summed E-state index contributed by atoms with van der Waals surface area (Å²) in [6.07, 6.45) is 1.66. The Balaban J connectivity index is 2.02. The quantitative estimate of drug-likeness (QED) is 0.777. The molecule has 0 aliphatic carbocycles. The van der Waals surface area contributed by atoms with Gasteiger partial charge in [0, 0.05) is 16.6 Å². The highest BCUT2D eigenvalue weighted by Gasteiger charge is 2.08. The molecule has 2 aromatic carbocycles. The SMILES string of the molecule is O=C(O)c1ccc(Cn2ccc3c(Cl)cc(Cl)cc3c2=O)cc1. The van der Waals surface area contributed by atoms with Crippen LogP contribution in [0.1, 0.15) is 15.9 Å². The van der Waals surface area contributed by atoms with Gasteiger partial charge in [-0.3, -0.25) is 4.79 Å². The summed E-state index contributed by atoms with van der Waals surface area (Å²) in [6.45, 7) is 0.332. The van der Waals surface area contributed by atoms with Crippen LogP contribution in [0, 0.1) is 0 Å². The highest BCUT2D eigenvalue weighted by molar-refractivity contribution is 6.38. The van der Waals surface area contributed by atoms with Crippen molar-refractivity contribution >= 4 is 39.9 Å². The smallest absolute Gasteiger partial charge is 0.335 e. The Hall–Kier alpha value is -2.30. The van der Waals surface area contributed by atoms with Crippen LogP contribution < -0.4 is 5.56 Å². The van der Waals surface area contributed by atoms with Crippen LogP contribution in [0.5, 0.6) is 0 Å². The van der Waals surface area contributed by atoms with Gasteiger partial charge in [0.25, 0.3) is 5.56 Å². The van der Waals surface area contributed by atoms with E-state index >= 15 is 0 Å². The first kappa shape index (κ1) is 15.6. The van der Waals surface area contributed by atoms with E-state index in [2.05, 4.69) is 0 Å². The van der Waals surface area contributed by atoms with Gasteiger partial charge in [0.2, 0.25) is 0 Å². The first-order valence-electron chi connectivity index (χ1n) is 6.76.